The van der Waals surface area contributed by atoms with Crippen molar-refractivity contribution in [2.45, 2.75) is 13.5 Å². The average Bonchev–Trinajstić information content (AvgIpc) is 2.55. The van der Waals surface area contributed by atoms with Crippen molar-refractivity contribution in [1.82, 2.24) is 14.9 Å². The van der Waals surface area contributed by atoms with E-state index in [-0.39, 0.29) is 19.0 Å². The molecule has 1 amide bonds. The topological polar surface area (TPSA) is 83.4 Å². The molecule has 0 aliphatic heterocycles. The molecule has 1 N–H and O–H groups in total. The van der Waals surface area contributed by atoms with Gasteiger partial charge >= 0.3 is 5.97 Å². The van der Waals surface area contributed by atoms with E-state index in [2.05, 4.69) is 9.97 Å². The van der Waals surface area contributed by atoms with Gasteiger partial charge in [0.25, 0.3) is 5.91 Å². The SMILES string of the molecule is CC(CN(Cc1ccccn1)C(=O)c1ccncc1)C(=O)O. The van der Waals surface area contributed by atoms with Crippen molar-refractivity contribution in [3.05, 3.63) is 60.2 Å². The van der Waals surface area contributed by atoms with Crippen molar-refractivity contribution in [3.63, 3.8) is 0 Å². The highest BCUT2D eigenvalue weighted by molar-refractivity contribution is 5.94. The number of aliphatic carboxylic acids is 1. The molecule has 0 spiro atoms. The third kappa shape index (κ3) is 4.12. The number of carbonyl (C=O) groups is 2. The van der Waals surface area contributed by atoms with Crippen LogP contribution in [0.4, 0.5) is 0 Å². The first-order chi connectivity index (χ1) is 10.6. The monoisotopic (exact) mass is 299 g/mol. The second kappa shape index (κ2) is 7.31. The average molecular weight is 299 g/mol. The summed E-state index contributed by atoms with van der Waals surface area (Å²) in [6.07, 6.45) is 4.71. The standard InChI is InChI=1S/C16H17N3O3/c1-12(16(21)22)10-19(11-14-4-2-3-7-18-14)15(20)13-5-8-17-9-6-13/h2-9,12H,10-11H2,1H3,(H,21,22). The third-order valence-electron chi connectivity index (χ3n) is 3.21. The van der Waals surface area contributed by atoms with E-state index in [0.717, 1.165) is 0 Å². The lowest BCUT2D eigenvalue weighted by molar-refractivity contribution is -0.141. The van der Waals surface area contributed by atoms with Crippen LogP contribution < -0.4 is 0 Å². The first-order valence-electron chi connectivity index (χ1n) is 6.90. The summed E-state index contributed by atoms with van der Waals surface area (Å²) in [5.74, 6) is -1.83. The molecule has 0 saturated carbocycles. The van der Waals surface area contributed by atoms with Gasteiger partial charge in [0.2, 0.25) is 0 Å². The van der Waals surface area contributed by atoms with E-state index in [1.54, 1.807) is 37.4 Å². The minimum Gasteiger partial charge on any atom is -0.481 e. The second-order valence-electron chi connectivity index (χ2n) is 4.98. The highest BCUT2D eigenvalue weighted by Gasteiger charge is 2.22. The van der Waals surface area contributed by atoms with Gasteiger partial charge in [-0.25, -0.2) is 0 Å². The molecule has 6 heteroatoms. The fraction of sp³-hybridized carbons (Fsp3) is 0.250. The summed E-state index contributed by atoms with van der Waals surface area (Å²) in [5, 5.41) is 9.09. The molecule has 0 aliphatic rings. The van der Waals surface area contributed by atoms with Crippen molar-refractivity contribution in [3.8, 4) is 0 Å². The first-order valence-corrected chi connectivity index (χ1v) is 6.90. The van der Waals surface area contributed by atoms with Gasteiger partial charge in [-0.1, -0.05) is 13.0 Å². The van der Waals surface area contributed by atoms with E-state index in [1.807, 2.05) is 6.07 Å². The Bertz CT molecular complexity index is 632. The maximum Gasteiger partial charge on any atom is 0.308 e. The smallest absolute Gasteiger partial charge is 0.308 e. The maximum atomic E-state index is 12.6. The van der Waals surface area contributed by atoms with Crippen LogP contribution in [0.3, 0.4) is 0 Å². The number of carboxylic acids is 1. The molecule has 0 fully saturated rings. The molecular formula is C16H17N3O3. The quantitative estimate of drug-likeness (QED) is 0.880. The predicted molar refractivity (Wildman–Crippen MR) is 80.0 cm³/mol. The number of rotatable bonds is 6. The van der Waals surface area contributed by atoms with Gasteiger partial charge in [0.05, 0.1) is 18.2 Å². The van der Waals surface area contributed by atoms with Crippen molar-refractivity contribution >= 4 is 11.9 Å². The number of hydrogen-bond acceptors (Lipinski definition) is 4. The Morgan fingerprint density at radius 3 is 2.50 bits per heavy atom. The van der Waals surface area contributed by atoms with Crippen LogP contribution in [0, 0.1) is 5.92 Å². The Balaban J connectivity index is 2.21. The summed E-state index contributed by atoms with van der Waals surface area (Å²) in [6, 6.07) is 8.65. The van der Waals surface area contributed by atoms with Crippen molar-refractivity contribution in [2.75, 3.05) is 6.54 Å². The minimum atomic E-state index is -0.937. The highest BCUT2D eigenvalue weighted by atomic mass is 16.4. The first kappa shape index (κ1) is 15.6. The van der Waals surface area contributed by atoms with Gasteiger partial charge in [0, 0.05) is 30.7 Å². The number of amides is 1. The normalized spacial score (nSPS) is 11.7. The second-order valence-corrected chi connectivity index (χ2v) is 4.98. The van der Waals surface area contributed by atoms with E-state index in [0.29, 0.717) is 11.3 Å². The van der Waals surface area contributed by atoms with Gasteiger partial charge in [0.1, 0.15) is 0 Å². The fourth-order valence-corrected chi connectivity index (χ4v) is 1.99. The molecule has 2 aromatic rings. The van der Waals surface area contributed by atoms with Gasteiger partial charge in [0.15, 0.2) is 0 Å². The summed E-state index contributed by atoms with van der Waals surface area (Å²) >= 11 is 0. The maximum absolute atomic E-state index is 12.6. The van der Waals surface area contributed by atoms with Gasteiger partial charge in [-0.2, -0.15) is 0 Å². The summed E-state index contributed by atoms with van der Waals surface area (Å²) < 4.78 is 0. The zero-order valence-corrected chi connectivity index (χ0v) is 12.2. The van der Waals surface area contributed by atoms with Crippen LogP contribution in [0.25, 0.3) is 0 Å². The van der Waals surface area contributed by atoms with Gasteiger partial charge in [-0.15, -0.1) is 0 Å². The molecule has 2 heterocycles. The summed E-state index contributed by atoms with van der Waals surface area (Å²) in [6.45, 7) is 1.96. The lowest BCUT2D eigenvalue weighted by Gasteiger charge is -2.24. The van der Waals surface area contributed by atoms with Crippen LogP contribution in [-0.4, -0.2) is 38.4 Å². The zero-order valence-electron chi connectivity index (χ0n) is 12.2. The molecule has 1 atom stereocenters. The Morgan fingerprint density at radius 2 is 1.91 bits per heavy atom. The van der Waals surface area contributed by atoms with Gasteiger partial charge < -0.3 is 10.0 Å². The zero-order chi connectivity index (χ0) is 15.9. The molecular weight excluding hydrogens is 282 g/mol. The van der Waals surface area contributed by atoms with E-state index in [9.17, 15) is 9.59 Å². The number of nitrogens with zero attached hydrogens (tertiary/aromatic N) is 3. The number of pyridine rings is 2. The molecule has 0 bridgehead atoms. The van der Waals surface area contributed by atoms with Crippen LogP contribution in [0.5, 0.6) is 0 Å². The third-order valence-corrected chi connectivity index (χ3v) is 3.21. The van der Waals surface area contributed by atoms with Crippen LogP contribution in [0.15, 0.2) is 48.9 Å². The molecule has 2 aromatic heterocycles. The minimum absolute atomic E-state index is 0.118. The molecule has 0 aromatic carbocycles. The van der Waals surface area contributed by atoms with Crippen LogP contribution in [0.2, 0.25) is 0 Å². The largest absolute Gasteiger partial charge is 0.481 e. The van der Waals surface area contributed by atoms with Crippen LogP contribution >= 0.6 is 0 Å². The Labute approximate surface area is 128 Å². The van der Waals surface area contributed by atoms with Crippen molar-refractivity contribution in [1.29, 1.82) is 0 Å². The molecule has 2 rings (SSSR count). The predicted octanol–water partition coefficient (Wildman–Crippen LogP) is 1.84. The van der Waals surface area contributed by atoms with E-state index < -0.39 is 11.9 Å². The van der Waals surface area contributed by atoms with E-state index in [1.165, 1.54) is 17.3 Å². The van der Waals surface area contributed by atoms with Crippen molar-refractivity contribution < 1.29 is 14.7 Å². The summed E-state index contributed by atoms with van der Waals surface area (Å²) in [7, 11) is 0. The molecule has 0 aliphatic carbocycles. The Morgan fingerprint density at radius 1 is 1.18 bits per heavy atom. The van der Waals surface area contributed by atoms with Crippen LogP contribution in [0.1, 0.15) is 23.0 Å². The molecule has 0 saturated heterocycles. The van der Waals surface area contributed by atoms with Crippen molar-refractivity contribution in [2.24, 2.45) is 5.92 Å². The lowest BCUT2D eigenvalue weighted by Crippen LogP contribution is -2.36. The number of carboxylic acid groups (broad SMARTS) is 1. The number of carbonyl (C=O) groups excluding carboxylic acids is 1. The lowest BCUT2D eigenvalue weighted by atomic mass is 10.1. The molecule has 6 nitrogen and oxygen atoms in total. The molecule has 114 valence electrons. The Hall–Kier alpha value is -2.76. The fourth-order valence-electron chi connectivity index (χ4n) is 1.99. The van der Waals surface area contributed by atoms with E-state index >= 15 is 0 Å². The number of aromatic nitrogens is 2. The van der Waals surface area contributed by atoms with Crippen LogP contribution in [-0.2, 0) is 11.3 Å². The van der Waals surface area contributed by atoms with E-state index in [4.69, 9.17) is 5.11 Å². The summed E-state index contributed by atoms with van der Waals surface area (Å²) in [4.78, 5) is 33.2. The molecule has 1 unspecified atom stereocenters. The summed E-state index contributed by atoms with van der Waals surface area (Å²) in [5.41, 5.74) is 1.19. The van der Waals surface area contributed by atoms with Gasteiger partial charge in [-0.3, -0.25) is 19.6 Å². The molecule has 22 heavy (non-hydrogen) atoms. The molecule has 0 radical (unpaired) electrons. The Kier molecular flexibility index (Phi) is 5.19. The highest BCUT2D eigenvalue weighted by Crippen LogP contribution is 2.11. The number of hydrogen-bond donors (Lipinski definition) is 1. The van der Waals surface area contributed by atoms with Gasteiger partial charge in [-0.05, 0) is 24.3 Å².